The summed E-state index contributed by atoms with van der Waals surface area (Å²) in [5, 5.41) is 9.34. The van der Waals surface area contributed by atoms with Gasteiger partial charge in [0.25, 0.3) is 0 Å². The van der Waals surface area contributed by atoms with Crippen LogP contribution in [0, 0.1) is 0 Å². The van der Waals surface area contributed by atoms with E-state index >= 15 is 0 Å². The Bertz CT molecular complexity index is 58.8. The van der Waals surface area contributed by atoms with Crippen LogP contribution in [0.15, 0.2) is 0 Å². The van der Waals surface area contributed by atoms with E-state index in [0.29, 0.717) is 11.9 Å². The second kappa shape index (κ2) is 2.71. The van der Waals surface area contributed by atoms with Crippen LogP contribution < -0.4 is 0 Å². The molecule has 2 atom stereocenters. The number of ether oxygens (including phenoxy) is 1. The molecular formula is C5H10O2S. The lowest BCUT2D eigenvalue weighted by Gasteiger charge is -2.21. The summed E-state index contributed by atoms with van der Waals surface area (Å²) in [4.78, 5) is 0. The maximum absolute atomic E-state index is 8.78. The van der Waals surface area contributed by atoms with E-state index in [4.69, 9.17) is 9.84 Å². The van der Waals surface area contributed by atoms with E-state index in [0.717, 1.165) is 5.75 Å². The fraction of sp³-hybridized carbons (Fsp3) is 1.00. The summed E-state index contributed by atoms with van der Waals surface area (Å²) in [7, 11) is 0. The SMILES string of the molecule is CC1COC(O)CS1. The summed E-state index contributed by atoms with van der Waals surface area (Å²) in [5.41, 5.74) is 0. The minimum Gasteiger partial charge on any atom is -0.367 e. The molecule has 1 fully saturated rings. The molecule has 1 saturated heterocycles. The molecule has 1 heterocycles. The molecule has 2 nitrogen and oxygen atoms in total. The number of aliphatic hydroxyl groups excluding tert-OH is 1. The molecule has 1 aliphatic heterocycles. The Morgan fingerprint density at radius 1 is 1.75 bits per heavy atom. The van der Waals surface area contributed by atoms with E-state index in [1.54, 1.807) is 11.8 Å². The summed E-state index contributed by atoms with van der Waals surface area (Å²) in [6.07, 6.45) is -0.517. The molecular weight excluding hydrogens is 124 g/mol. The van der Waals surface area contributed by atoms with Crippen molar-refractivity contribution in [1.29, 1.82) is 0 Å². The minimum absolute atomic E-state index is 0.517. The maximum Gasteiger partial charge on any atom is 0.163 e. The predicted octanol–water partition coefficient (Wildman–Crippen LogP) is 0.457. The lowest BCUT2D eigenvalue weighted by atomic mass is 10.5. The molecule has 0 aromatic carbocycles. The van der Waals surface area contributed by atoms with Gasteiger partial charge in [0, 0.05) is 11.0 Å². The quantitative estimate of drug-likeness (QED) is 0.522. The predicted molar refractivity (Wildman–Crippen MR) is 33.9 cm³/mol. The Kier molecular flexibility index (Phi) is 2.16. The van der Waals surface area contributed by atoms with Crippen molar-refractivity contribution in [2.45, 2.75) is 18.5 Å². The van der Waals surface area contributed by atoms with Crippen molar-refractivity contribution in [3.63, 3.8) is 0 Å². The zero-order chi connectivity index (χ0) is 5.98. The van der Waals surface area contributed by atoms with Gasteiger partial charge in [-0.1, -0.05) is 6.92 Å². The van der Waals surface area contributed by atoms with Gasteiger partial charge in [-0.25, -0.2) is 0 Å². The Morgan fingerprint density at radius 3 is 2.88 bits per heavy atom. The van der Waals surface area contributed by atoms with Gasteiger partial charge in [0.2, 0.25) is 0 Å². The molecule has 0 aromatic heterocycles. The van der Waals surface area contributed by atoms with Crippen LogP contribution in [0.5, 0.6) is 0 Å². The van der Waals surface area contributed by atoms with Gasteiger partial charge < -0.3 is 9.84 Å². The Morgan fingerprint density at radius 2 is 2.50 bits per heavy atom. The molecule has 0 aliphatic carbocycles. The maximum atomic E-state index is 8.78. The second-order valence-electron chi connectivity index (χ2n) is 1.93. The molecule has 0 bridgehead atoms. The highest BCUT2D eigenvalue weighted by molar-refractivity contribution is 7.99. The first-order chi connectivity index (χ1) is 3.79. The van der Waals surface area contributed by atoms with Gasteiger partial charge in [-0.05, 0) is 0 Å². The van der Waals surface area contributed by atoms with E-state index in [1.807, 2.05) is 0 Å². The third-order valence-corrected chi connectivity index (χ3v) is 2.23. The number of hydrogen-bond donors (Lipinski definition) is 1. The highest BCUT2D eigenvalue weighted by Gasteiger charge is 2.15. The molecule has 1 rings (SSSR count). The third kappa shape index (κ3) is 1.65. The molecule has 1 aliphatic rings. The molecule has 0 radical (unpaired) electrons. The zero-order valence-electron chi connectivity index (χ0n) is 4.83. The van der Waals surface area contributed by atoms with Gasteiger partial charge in [-0.3, -0.25) is 0 Å². The van der Waals surface area contributed by atoms with Crippen LogP contribution in [0.4, 0.5) is 0 Å². The average molecular weight is 134 g/mol. The van der Waals surface area contributed by atoms with Crippen molar-refractivity contribution in [2.75, 3.05) is 12.4 Å². The number of hydrogen-bond acceptors (Lipinski definition) is 3. The van der Waals surface area contributed by atoms with Gasteiger partial charge in [-0.15, -0.1) is 0 Å². The van der Waals surface area contributed by atoms with Crippen LogP contribution in [0.2, 0.25) is 0 Å². The molecule has 0 spiro atoms. The Labute approximate surface area is 53.2 Å². The lowest BCUT2D eigenvalue weighted by molar-refractivity contribution is -0.0850. The van der Waals surface area contributed by atoms with Crippen LogP contribution >= 0.6 is 11.8 Å². The summed E-state index contributed by atoms with van der Waals surface area (Å²) in [5.74, 6) is 0.723. The fourth-order valence-corrected chi connectivity index (χ4v) is 1.35. The van der Waals surface area contributed by atoms with Crippen LogP contribution in [0.3, 0.4) is 0 Å². The van der Waals surface area contributed by atoms with Crippen LogP contribution in [-0.2, 0) is 4.74 Å². The first kappa shape index (κ1) is 6.39. The fourth-order valence-electron chi connectivity index (χ4n) is 0.589. The molecule has 0 saturated carbocycles. The number of aliphatic hydroxyl groups is 1. The van der Waals surface area contributed by atoms with E-state index in [9.17, 15) is 0 Å². The second-order valence-corrected chi connectivity index (χ2v) is 3.40. The van der Waals surface area contributed by atoms with Gasteiger partial charge >= 0.3 is 0 Å². The average Bonchev–Trinajstić information content (AvgIpc) is 1.77. The largest absolute Gasteiger partial charge is 0.367 e. The first-order valence-corrected chi connectivity index (χ1v) is 3.75. The Balaban J connectivity index is 2.19. The van der Waals surface area contributed by atoms with Gasteiger partial charge in [0.15, 0.2) is 6.29 Å². The Hall–Kier alpha value is 0.270. The summed E-state index contributed by atoms with van der Waals surface area (Å²) in [6.45, 7) is 2.78. The van der Waals surface area contributed by atoms with Crippen molar-refractivity contribution < 1.29 is 9.84 Å². The highest BCUT2D eigenvalue weighted by Crippen LogP contribution is 2.17. The van der Waals surface area contributed by atoms with E-state index in [2.05, 4.69) is 6.92 Å². The highest BCUT2D eigenvalue weighted by atomic mass is 32.2. The van der Waals surface area contributed by atoms with Crippen LogP contribution in [0.25, 0.3) is 0 Å². The van der Waals surface area contributed by atoms with Crippen LogP contribution in [0.1, 0.15) is 6.92 Å². The van der Waals surface area contributed by atoms with Crippen LogP contribution in [-0.4, -0.2) is 29.0 Å². The molecule has 2 unspecified atom stereocenters. The lowest BCUT2D eigenvalue weighted by Crippen LogP contribution is -2.26. The molecule has 3 heteroatoms. The van der Waals surface area contributed by atoms with Crippen molar-refractivity contribution in [2.24, 2.45) is 0 Å². The van der Waals surface area contributed by atoms with Crippen molar-refractivity contribution in [3.8, 4) is 0 Å². The minimum atomic E-state index is -0.517. The number of thioether (sulfide) groups is 1. The zero-order valence-corrected chi connectivity index (χ0v) is 5.65. The number of rotatable bonds is 0. The molecule has 1 N–H and O–H groups in total. The van der Waals surface area contributed by atoms with E-state index in [-0.39, 0.29) is 0 Å². The van der Waals surface area contributed by atoms with Gasteiger partial charge in [-0.2, -0.15) is 11.8 Å². The third-order valence-electron chi connectivity index (χ3n) is 1.05. The first-order valence-electron chi connectivity index (χ1n) is 2.70. The molecule has 48 valence electrons. The van der Waals surface area contributed by atoms with Crippen molar-refractivity contribution in [3.05, 3.63) is 0 Å². The van der Waals surface area contributed by atoms with Crippen molar-refractivity contribution >= 4 is 11.8 Å². The standard InChI is InChI=1S/C5H10O2S/c1-4-2-7-5(6)3-8-4/h4-6H,2-3H2,1H3. The normalized spacial score (nSPS) is 39.8. The van der Waals surface area contributed by atoms with Gasteiger partial charge in [0.1, 0.15) is 0 Å². The van der Waals surface area contributed by atoms with Crippen molar-refractivity contribution in [1.82, 2.24) is 0 Å². The monoisotopic (exact) mass is 134 g/mol. The molecule has 0 aromatic rings. The summed E-state index contributed by atoms with van der Waals surface area (Å²) < 4.78 is 4.92. The van der Waals surface area contributed by atoms with Gasteiger partial charge in [0.05, 0.1) is 6.61 Å². The molecule has 8 heavy (non-hydrogen) atoms. The summed E-state index contributed by atoms with van der Waals surface area (Å²) >= 11 is 1.75. The topological polar surface area (TPSA) is 29.5 Å². The summed E-state index contributed by atoms with van der Waals surface area (Å²) in [6, 6.07) is 0. The smallest absolute Gasteiger partial charge is 0.163 e. The molecule has 0 amide bonds. The van der Waals surface area contributed by atoms with E-state index in [1.165, 1.54) is 0 Å². The van der Waals surface area contributed by atoms with E-state index < -0.39 is 6.29 Å².